The van der Waals surface area contributed by atoms with Crippen LogP contribution in [0, 0.1) is 6.92 Å². The molecule has 9 heteroatoms. The average Bonchev–Trinajstić information content (AvgIpc) is 2.50. The number of nitrogens with one attached hydrogen (secondary N) is 1. The highest BCUT2D eigenvalue weighted by atomic mass is 32.2. The van der Waals surface area contributed by atoms with Gasteiger partial charge in [0, 0.05) is 19.2 Å². The Bertz CT molecular complexity index is 890. The number of aromatic nitrogens is 2. The first-order chi connectivity index (χ1) is 10.8. The highest BCUT2D eigenvalue weighted by molar-refractivity contribution is 7.92. The van der Waals surface area contributed by atoms with Crippen molar-refractivity contribution in [3.63, 3.8) is 0 Å². The normalized spacial score (nSPS) is 11.1. The lowest BCUT2D eigenvalue weighted by atomic mass is 10.2. The lowest BCUT2D eigenvalue weighted by Gasteiger charge is -2.14. The summed E-state index contributed by atoms with van der Waals surface area (Å²) in [5.41, 5.74) is 0.142. The predicted octanol–water partition coefficient (Wildman–Crippen LogP) is 0.907. The fourth-order valence-electron chi connectivity index (χ4n) is 1.99. The second-order valence-corrected chi connectivity index (χ2v) is 6.44. The van der Waals surface area contributed by atoms with Gasteiger partial charge in [-0.25, -0.2) is 13.1 Å². The van der Waals surface area contributed by atoms with Crippen molar-refractivity contribution in [2.75, 3.05) is 18.9 Å². The minimum absolute atomic E-state index is 0.0239. The molecule has 0 aliphatic heterocycles. The Morgan fingerprint density at radius 2 is 1.74 bits per heavy atom. The van der Waals surface area contributed by atoms with Crippen LogP contribution in [0.1, 0.15) is 5.56 Å². The zero-order valence-corrected chi connectivity index (χ0v) is 14.0. The highest BCUT2D eigenvalue weighted by Crippen LogP contribution is 2.32. The van der Waals surface area contributed by atoms with Crippen LogP contribution >= 0.6 is 0 Å². The molecule has 0 amide bonds. The van der Waals surface area contributed by atoms with Crippen molar-refractivity contribution >= 4 is 15.7 Å². The minimum Gasteiger partial charge on any atom is -0.493 e. The molecule has 0 atom stereocenters. The Kier molecular flexibility index (Phi) is 4.60. The number of benzene rings is 1. The summed E-state index contributed by atoms with van der Waals surface area (Å²) < 4.78 is 38.8. The number of anilines is 1. The van der Waals surface area contributed by atoms with Gasteiger partial charge in [-0.2, -0.15) is 5.10 Å². The van der Waals surface area contributed by atoms with Crippen molar-refractivity contribution < 1.29 is 17.9 Å². The van der Waals surface area contributed by atoms with Crippen molar-refractivity contribution in [3.8, 4) is 11.5 Å². The number of ether oxygens (including phenoxy) is 2. The first-order valence-corrected chi connectivity index (χ1v) is 8.05. The third kappa shape index (κ3) is 3.45. The van der Waals surface area contributed by atoms with Gasteiger partial charge >= 0.3 is 0 Å². The van der Waals surface area contributed by atoms with Crippen LogP contribution in [0.25, 0.3) is 0 Å². The number of hydrogen-bond acceptors (Lipinski definition) is 6. The van der Waals surface area contributed by atoms with Gasteiger partial charge in [0.05, 0.1) is 31.0 Å². The molecule has 1 aromatic carbocycles. The third-order valence-electron chi connectivity index (χ3n) is 3.19. The maximum absolute atomic E-state index is 12.5. The number of rotatable bonds is 5. The van der Waals surface area contributed by atoms with Gasteiger partial charge in [-0.05, 0) is 18.6 Å². The zero-order chi connectivity index (χ0) is 17.2. The van der Waals surface area contributed by atoms with Crippen LogP contribution in [0.4, 0.5) is 5.69 Å². The average molecular weight is 339 g/mol. The second-order valence-electron chi connectivity index (χ2n) is 4.78. The molecule has 0 bridgehead atoms. The molecular weight excluding hydrogens is 322 g/mol. The molecular formula is C14H17N3O5S. The molecule has 0 aliphatic rings. The molecule has 0 saturated heterocycles. The summed E-state index contributed by atoms with van der Waals surface area (Å²) in [6.07, 6.45) is 1.26. The Labute approximate surface area is 133 Å². The van der Waals surface area contributed by atoms with Gasteiger partial charge in [-0.15, -0.1) is 0 Å². The number of aryl methyl sites for hydroxylation is 2. The smallest absolute Gasteiger partial charge is 0.268 e. The molecule has 2 aromatic rings. The summed E-state index contributed by atoms with van der Waals surface area (Å²) in [6.45, 7) is 1.64. The molecule has 23 heavy (non-hydrogen) atoms. The minimum atomic E-state index is -3.90. The van der Waals surface area contributed by atoms with Crippen LogP contribution in [0.3, 0.4) is 0 Å². The summed E-state index contributed by atoms with van der Waals surface area (Å²) in [5, 5.41) is 3.77. The molecule has 1 N–H and O–H groups in total. The maximum atomic E-state index is 12.5. The van der Waals surface area contributed by atoms with Crippen molar-refractivity contribution in [3.05, 3.63) is 40.3 Å². The van der Waals surface area contributed by atoms with Crippen molar-refractivity contribution in [2.24, 2.45) is 7.05 Å². The van der Waals surface area contributed by atoms with Crippen molar-refractivity contribution in [1.29, 1.82) is 0 Å². The Hall–Kier alpha value is -2.55. The summed E-state index contributed by atoms with van der Waals surface area (Å²) in [6, 6.07) is 4.08. The molecule has 0 unspecified atom stereocenters. The molecule has 2 rings (SSSR count). The van der Waals surface area contributed by atoms with E-state index >= 15 is 0 Å². The fraction of sp³-hybridized carbons (Fsp3) is 0.286. The van der Waals surface area contributed by atoms with Gasteiger partial charge in [-0.1, -0.05) is 0 Å². The van der Waals surface area contributed by atoms with Gasteiger partial charge in [-0.3, -0.25) is 9.52 Å². The zero-order valence-electron chi connectivity index (χ0n) is 13.2. The van der Waals surface area contributed by atoms with Gasteiger partial charge in [0.15, 0.2) is 11.5 Å². The second kappa shape index (κ2) is 6.29. The predicted molar refractivity (Wildman–Crippen MR) is 84.6 cm³/mol. The van der Waals surface area contributed by atoms with Crippen molar-refractivity contribution in [1.82, 2.24) is 9.78 Å². The Morgan fingerprint density at radius 1 is 1.13 bits per heavy atom. The lowest BCUT2D eigenvalue weighted by Crippen LogP contribution is -2.21. The molecule has 0 spiro atoms. The van der Waals surface area contributed by atoms with Crippen LogP contribution in [-0.4, -0.2) is 32.4 Å². The third-order valence-corrected chi connectivity index (χ3v) is 4.71. The van der Waals surface area contributed by atoms with E-state index in [2.05, 4.69) is 9.82 Å². The molecule has 0 aliphatic carbocycles. The number of hydrogen-bond donors (Lipinski definition) is 1. The van der Waals surface area contributed by atoms with E-state index in [0.29, 0.717) is 17.1 Å². The molecule has 0 saturated carbocycles. The summed E-state index contributed by atoms with van der Waals surface area (Å²) in [7, 11) is 0.452. The molecule has 0 radical (unpaired) electrons. The van der Waals surface area contributed by atoms with Crippen molar-refractivity contribution in [2.45, 2.75) is 11.8 Å². The van der Waals surface area contributed by atoms with E-state index < -0.39 is 15.6 Å². The monoisotopic (exact) mass is 339 g/mol. The van der Waals surface area contributed by atoms with Gasteiger partial charge in [0.2, 0.25) is 0 Å². The number of nitrogens with zero attached hydrogens (tertiary/aromatic N) is 2. The summed E-state index contributed by atoms with van der Waals surface area (Å²) in [4.78, 5) is 11.6. The summed E-state index contributed by atoms with van der Waals surface area (Å²) >= 11 is 0. The largest absolute Gasteiger partial charge is 0.493 e. The van der Waals surface area contributed by atoms with Crippen LogP contribution in [0.2, 0.25) is 0 Å². The fourth-order valence-corrected chi connectivity index (χ4v) is 3.26. The van der Waals surface area contributed by atoms with Gasteiger partial charge < -0.3 is 9.47 Å². The van der Waals surface area contributed by atoms with Crippen LogP contribution in [0.15, 0.2) is 34.1 Å². The van der Waals surface area contributed by atoms with Gasteiger partial charge in [0.1, 0.15) is 0 Å². The molecule has 0 fully saturated rings. The summed E-state index contributed by atoms with van der Waals surface area (Å²) in [5.74, 6) is 0.722. The van der Waals surface area contributed by atoms with E-state index in [1.165, 1.54) is 33.5 Å². The van der Waals surface area contributed by atoms with E-state index in [1.54, 1.807) is 13.0 Å². The molecule has 8 nitrogen and oxygen atoms in total. The lowest BCUT2D eigenvalue weighted by molar-refractivity contribution is 0.353. The number of methoxy groups -OCH3 is 2. The van der Waals surface area contributed by atoms with E-state index in [-0.39, 0.29) is 10.6 Å². The number of sulfonamides is 1. The molecule has 124 valence electrons. The van der Waals surface area contributed by atoms with E-state index in [1.807, 2.05) is 0 Å². The van der Waals surface area contributed by atoms with Crippen LogP contribution in [0.5, 0.6) is 11.5 Å². The Balaban J connectivity index is 2.47. The van der Waals surface area contributed by atoms with E-state index in [4.69, 9.17) is 9.47 Å². The highest BCUT2D eigenvalue weighted by Gasteiger charge is 2.21. The quantitative estimate of drug-likeness (QED) is 0.869. The standard InChI is InChI=1S/C14H17N3O5S/c1-9-5-11(21-3)12(22-4)7-13(9)23(19,20)16-10-6-14(18)17(2)15-8-10/h5-8,16H,1-4H3. The Morgan fingerprint density at radius 3 is 2.30 bits per heavy atom. The first-order valence-electron chi connectivity index (χ1n) is 6.57. The molecule has 1 heterocycles. The van der Waals surface area contributed by atoms with Crippen LogP contribution < -0.4 is 19.8 Å². The topological polar surface area (TPSA) is 99.5 Å². The van der Waals surface area contributed by atoms with Crippen LogP contribution in [-0.2, 0) is 17.1 Å². The van der Waals surface area contributed by atoms with E-state index in [0.717, 1.165) is 10.7 Å². The molecule has 1 aromatic heterocycles. The SMILES string of the molecule is COc1cc(C)c(S(=O)(=O)Nc2cnn(C)c(=O)c2)cc1OC. The first kappa shape index (κ1) is 16.8. The van der Waals surface area contributed by atoms with Gasteiger partial charge in [0.25, 0.3) is 15.6 Å². The van der Waals surface area contributed by atoms with E-state index in [9.17, 15) is 13.2 Å². The maximum Gasteiger partial charge on any atom is 0.268 e.